The number of phosphoric ester groups is 1. The molecule has 1 heterocycles. The van der Waals surface area contributed by atoms with Crippen molar-refractivity contribution < 1.29 is 129 Å². The van der Waals surface area contributed by atoms with Crippen LogP contribution in [0, 0.1) is 52.3 Å². The Labute approximate surface area is 364 Å². The third kappa shape index (κ3) is 10.8. The van der Waals surface area contributed by atoms with E-state index in [2.05, 4.69) is 34.6 Å². The molecule has 7 unspecified atom stereocenters. The van der Waals surface area contributed by atoms with Crippen LogP contribution in [0.4, 0.5) is 0 Å². The molecule has 15 nitrogen and oxygen atoms in total. The number of carbonyl (C=O) groups is 1. The van der Waals surface area contributed by atoms with Crippen molar-refractivity contribution in [1.82, 2.24) is 0 Å². The van der Waals surface area contributed by atoms with Crippen LogP contribution >= 0.6 is 7.82 Å². The molecule has 54 heavy (non-hydrogen) atoms. The second-order valence-corrected chi connectivity index (χ2v) is 19.6. The van der Waals surface area contributed by atoms with Crippen molar-refractivity contribution in [2.24, 2.45) is 52.3 Å². The predicted octanol–water partition coefficient (Wildman–Crippen LogP) is -3.22. The molecule has 0 aromatic rings. The zero-order chi connectivity index (χ0) is 38.6. The minimum atomic E-state index is -5.38. The Morgan fingerprint density at radius 1 is 0.907 bits per heavy atom. The second-order valence-electron chi connectivity index (χ2n) is 17.3. The maximum absolute atomic E-state index is 13.6. The number of aliphatic hydroxyl groups is 4. The first kappa shape index (κ1) is 49.6. The van der Waals surface area contributed by atoms with Gasteiger partial charge in [-0.1, -0.05) is 53.9 Å². The van der Waals surface area contributed by atoms with Crippen LogP contribution in [-0.2, 0) is 42.5 Å². The average molecular weight is 829 g/mol. The summed E-state index contributed by atoms with van der Waals surface area (Å²) in [5.41, 5.74) is -0.778. The van der Waals surface area contributed by atoms with E-state index < -0.39 is 79.1 Å². The molecule has 19 heteroatoms. The smallest absolute Gasteiger partial charge is 0.756 e. The molecule has 1 saturated heterocycles. The van der Waals surface area contributed by atoms with Crippen LogP contribution in [0.5, 0.6) is 0 Å². The van der Waals surface area contributed by atoms with Gasteiger partial charge in [0.05, 0.1) is 18.8 Å². The fourth-order valence-electron chi connectivity index (χ4n) is 11.5. The van der Waals surface area contributed by atoms with Gasteiger partial charge in [-0.05, 0) is 91.3 Å². The number of carbonyl (C=O) groups excluding carboxylic acids is 1. The summed E-state index contributed by atoms with van der Waals surface area (Å²) in [7, 11) is -10.4. The zero-order valence-electron chi connectivity index (χ0n) is 33.1. The molecule has 0 aromatic heterocycles. The fourth-order valence-corrected chi connectivity index (χ4v) is 13.0. The second kappa shape index (κ2) is 19.3. The summed E-state index contributed by atoms with van der Waals surface area (Å²) in [5.74, 6) is 0.0811. The summed E-state index contributed by atoms with van der Waals surface area (Å²) < 4.78 is 75.8. The van der Waals surface area contributed by atoms with E-state index in [1.807, 2.05) is 0 Å². The molecular weight excluding hydrogens is 769 g/mol. The number of hydrogen-bond donors (Lipinski definition) is 4. The van der Waals surface area contributed by atoms with Crippen LogP contribution < -0.4 is 64.0 Å². The first-order valence-electron chi connectivity index (χ1n) is 18.9. The summed E-state index contributed by atoms with van der Waals surface area (Å²) in [5, 5.41) is 40.4. The van der Waals surface area contributed by atoms with Crippen LogP contribution in [0.3, 0.4) is 0 Å². The Morgan fingerprint density at radius 3 is 2.15 bits per heavy atom. The summed E-state index contributed by atoms with van der Waals surface area (Å²) in [6.45, 7) is 11.6. The van der Waals surface area contributed by atoms with Gasteiger partial charge in [-0.3, -0.25) is 18.1 Å². The number of phosphoric acid groups is 1. The first-order chi connectivity index (χ1) is 24.1. The maximum Gasteiger partial charge on any atom is 1.00 e. The summed E-state index contributed by atoms with van der Waals surface area (Å²) >= 11 is 0. The van der Waals surface area contributed by atoms with Gasteiger partial charge in [-0.25, -0.2) is 8.42 Å². The van der Waals surface area contributed by atoms with Crippen LogP contribution in [0.1, 0.15) is 106 Å². The standard InChI is InChI=1S/C35H61O15PS.2Na/c1-18(2)8-7-9-19(3)29-27(46-20(4)37)16-24-22-15-26(48-51(41,42)49-33-32(40)31(39)30(38)28(17-36)47-33)25-14-21(50-52(43,44)45)10-12-34(25,5)23(22)11-13-35(24,29)6;;/h18-19,21-33,36,38-40H,7-17H2,1-6H3,(H,41,42)(H,43,44,45);;/q;2*+1/p-2/t19-,21+,22-,23+,24+,25?,26+,27-,28?,29+,30?,31?,32?,33?,34-,35+;;/m1../s1. The van der Waals surface area contributed by atoms with E-state index in [9.17, 15) is 47.6 Å². The molecule has 4 aliphatic carbocycles. The molecule has 1 aliphatic heterocycles. The molecule has 0 aromatic carbocycles. The monoisotopic (exact) mass is 828 g/mol. The van der Waals surface area contributed by atoms with Crippen molar-refractivity contribution in [2.45, 2.75) is 155 Å². The van der Waals surface area contributed by atoms with Gasteiger partial charge in [-0.2, -0.15) is 0 Å². The van der Waals surface area contributed by atoms with Crippen LogP contribution in [-0.4, -0.2) is 95.0 Å². The molecule has 0 amide bonds. The molecule has 0 bridgehead atoms. The molecule has 302 valence electrons. The fraction of sp³-hybridized carbons (Fsp3) is 0.971. The van der Waals surface area contributed by atoms with Gasteiger partial charge in [0, 0.05) is 12.8 Å². The summed E-state index contributed by atoms with van der Waals surface area (Å²) in [4.78, 5) is 26.1. The van der Waals surface area contributed by atoms with E-state index >= 15 is 0 Å². The number of fused-ring (bicyclic) bond motifs is 5. The van der Waals surface area contributed by atoms with Crippen molar-refractivity contribution in [3.63, 3.8) is 0 Å². The minimum Gasteiger partial charge on any atom is -0.756 e. The molecule has 0 spiro atoms. The topological polar surface area (TPSA) is 241 Å². The van der Waals surface area contributed by atoms with Gasteiger partial charge in [0.2, 0.25) is 10.4 Å². The zero-order valence-corrected chi connectivity index (χ0v) is 38.8. The summed E-state index contributed by atoms with van der Waals surface area (Å²) in [6, 6.07) is 0. The van der Waals surface area contributed by atoms with Crippen molar-refractivity contribution in [2.75, 3.05) is 6.61 Å². The molecule has 5 fully saturated rings. The molecule has 0 radical (unpaired) electrons. The van der Waals surface area contributed by atoms with Gasteiger partial charge < -0.3 is 43.9 Å². The Hall–Kier alpha value is 1.25. The van der Waals surface area contributed by atoms with Gasteiger partial charge >= 0.3 is 65.1 Å². The Bertz CT molecular complexity index is 1420. The number of aliphatic hydroxyl groups excluding tert-OH is 4. The van der Waals surface area contributed by atoms with Gasteiger partial charge in [-0.15, -0.1) is 0 Å². The summed E-state index contributed by atoms with van der Waals surface area (Å²) in [6.07, 6.45) is -4.92. The predicted molar refractivity (Wildman–Crippen MR) is 181 cm³/mol. The molecular formula is C35H59Na2O15PS. The van der Waals surface area contributed by atoms with Crippen molar-refractivity contribution in [1.29, 1.82) is 0 Å². The Morgan fingerprint density at radius 2 is 1.56 bits per heavy atom. The van der Waals surface area contributed by atoms with Gasteiger partial charge in [0.15, 0.2) is 6.29 Å². The minimum absolute atomic E-state index is 0. The molecule has 5 rings (SSSR count). The largest absolute Gasteiger partial charge is 1.00 e. The average Bonchev–Trinajstić information content (AvgIpc) is 3.32. The normalized spacial score (nSPS) is 43.7. The quantitative estimate of drug-likeness (QED) is 0.0470. The molecule has 4 saturated carbocycles. The number of ether oxygens (including phenoxy) is 2. The third-order valence-electron chi connectivity index (χ3n) is 13.7. The van der Waals surface area contributed by atoms with E-state index in [1.54, 1.807) is 0 Å². The molecule has 17 atom stereocenters. The van der Waals surface area contributed by atoms with E-state index in [1.165, 1.54) is 6.92 Å². The van der Waals surface area contributed by atoms with E-state index in [0.29, 0.717) is 18.8 Å². The molecule has 5 aliphatic rings. The first-order valence-corrected chi connectivity index (χ1v) is 21.7. The molecule has 4 N–H and O–H groups in total. The van der Waals surface area contributed by atoms with Crippen LogP contribution in [0.25, 0.3) is 0 Å². The third-order valence-corrected chi connectivity index (χ3v) is 15.2. The van der Waals surface area contributed by atoms with Crippen LogP contribution in [0.15, 0.2) is 0 Å². The van der Waals surface area contributed by atoms with Gasteiger partial charge in [0.1, 0.15) is 30.5 Å². The SMILES string of the molecule is CC(=O)O[C@@H]1C[C@H]2[C@@H]3C[C@H](OP(=O)([O-])OC4OC(CO)C(O)C(O)C4O)C4C[C@@H](OS(=O)(=O)[O-])CC[C@]4(C)[C@H]3CC[C@]2(C)[C@H]1[C@H](C)CCCC(C)C.[Na+].[Na+]. The number of esters is 1. The van der Waals surface area contributed by atoms with E-state index in [4.69, 9.17) is 22.7 Å². The van der Waals surface area contributed by atoms with E-state index in [-0.39, 0.29) is 125 Å². The van der Waals surface area contributed by atoms with Crippen molar-refractivity contribution in [3.05, 3.63) is 0 Å². The number of rotatable bonds is 13. The van der Waals surface area contributed by atoms with Crippen LogP contribution in [0.2, 0.25) is 0 Å². The van der Waals surface area contributed by atoms with Crippen molar-refractivity contribution >= 4 is 24.2 Å². The van der Waals surface area contributed by atoms with Crippen molar-refractivity contribution in [3.8, 4) is 0 Å². The van der Waals surface area contributed by atoms with Gasteiger partial charge in [0.25, 0.3) is 7.82 Å². The van der Waals surface area contributed by atoms with E-state index in [0.717, 1.165) is 32.1 Å². The number of hydrogen-bond acceptors (Lipinski definition) is 15. The maximum atomic E-state index is 13.6. The Kier molecular flexibility index (Phi) is 17.7. The Balaban J connectivity index is 0.00000392.